The third kappa shape index (κ3) is 3.63. The van der Waals surface area contributed by atoms with Crippen LogP contribution in [0.1, 0.15) is 39.2 Å². The summed E-state index contributed by atoms with van der Waals surface area (Å²) < 4.78 is 44.5. The molecule has 2 unspecified atom stereocenters. The fourth-order valence-electron chi connectivity index (χ4n) is 3.30. The zero-order chi connectivity index (χ0) is 15.8. The van der Waals surface area contributed by atoms with Crippen molar-refractivity contribution in [2.24, 2.45) is 11.3 Å². The van der Waals surface area contributed by atoms with Crippen LogP contribution < -0.4 is 10.1 Å². The van der Waals surface area contributed by atoms with Crippen molar-refractivity contribution in [1.82, 2.24) is 0 Å². The first-order valence-corrected chi connectivity index (χ1v) is 7.14. The number of alkyl halides is 3. The van der Waals surface area contributed by atoms with E-state index < -0.39 is 11.7 Å². The standard InChI is InChI=1S/C16H22F3NO/c1-10-8-15(2,3)9-14(10)20-13-6-5-11(21-4)7-12(13)16(17,18)19/h5-7,10,14,20H,8-9H2,1-4H3. The van der Waals surface area contributed by atoms with Gasteiger partial charge in [-0.1, -0.05) is 20.8 Å². The average Bonchev–Trinajstić information content (AvgIpc) is 2.61. The van der Waals surface area contributed by atoms with Gasteiger partial charge in [-0.05, 0) is 42.4 Å². The van der Waals surface area contributed by atoms with E-state index in [0.29, 0.717) is 5.92 Å². The monoisotopic (exact) mass is 301 g/mol. The molecular weight excluding hydrogens is 279 g/mol. The van der Waals surface area contributed by atoms with E-state index in [-0.39, 0.29) is 22.9 Å². The minimum Gasteiger partial charge on any atom is -0.497 e. The molecule has 5 heteroatoms. The maximum absolute atomic E-state index is 13.2. The Labute approximate surface area is 123 Å². The smallest absolute Gasteiger partial charge is 0.418 e. The van der Waals surface area contributed by atoms with Crippen molar-refractivity contribution in [2.75, 3.05) is 12.4 Å². The number of ether oxygens (including phenoxy) is 1. The van der Waals surface area contributed by atoms with E-state index in [0.717, 1.165) is 18.9 Å². The number of methoxy groups -OCH3 is 1. The highest BCUT2D eigenvalue weighted by Gasteiger charge is 2.39. The van der Waals surface area contributed by atoms with Gasteiger partial charge in [0.25, 0.3) is 0 Å². The molecule has 2 nitrogen and oxygen atoms in total. The van der Waals surface area contributed by atoms with Gasteiger partial charge < -0.3 is 10.1 Å². The molecule has 1 aromatic rings. The number of hydrogen-bond acceptors (Lipinski definition) is 2. The quantitative estimate of drug-likeness (QED) is 0.853. The van der Waals surface area contributed by atoms with Crippen LogP contribution in [0.25, 0.3) is 0 Å². The van der Waals surface area contributed by atoms with Crippen molar-refractivity contribution in [3.63, 3.8) is 0 Å². The summed E-state index contributed by atoms with van der Waals surface area (Å²) in [5.74, 6) is 0.566. The number of halogens is 3. The molecule has 0 spiro atoms. The first-order chi connectivity index (χ1) is 9.62. The van der Waals surface area contributed by atoms with E-state index in [1.54, 1.807) is 6.07 Å². The van der Waals surface area contributed by atoms with Crippen LogP contribution in [0, 0.1) is 11.3 Å². The zero-order valence-electron chi connectivity index (χ0n) is 12.8. The lowest BCUT2D eigenvalue weighted by atomic mass is 9.91. The number of anilines is 1. The van der Waals surface area contributed by atoms with Crippen LogP contribution in [-0.2, 0) is 6.18 Å². The molecule has 0 aromatic heterocycles. The molecule has 118 valence electrons. The first kappa shape index (κ1) is 16.0. The molecule has 21 heavy (non-hydrogen) atoms. The second-order valence-electron chi connectivity index (χ2n) is 6.71. The highest BCUT2D eigenvalue weighted by Crippen LogP contribution is 2.44. The van der Waals surface area contributed by atoms with Crippen LogP contribution in [0.15, 0.2) is 18.2 Å². The summed E-state index contributed by atoms with van der Waals surface area (Å²) in [7, 11) is 1.37. The fraction of sp³-hybridized carbons (Fsp3) is 0.625. The maximum Gasteiger partial charge on any atom is 0.418 e. The molecule has 2 atom stereocenters. The van der Waals surface area contributed by atoms with Gasteiger partial charge in [0.1, 0.15) is 5.75 Å². The van der Waals surface area contributed by atoms with Crippen LogP contribution in [-0.4, -0.2) is 13.2 Å². The topological polar surface area (TPSA) is 21.3 Å². The molecule has 0 heterocycles. The minimum atomic E-state index is -4.39. The highest BCUT2D eigenvalue weighted by molar-refractivity contribution is 5.56. The highest BCUT2D eigenvalue weighted by atomic mass is 19.4. The van der Waals surface area contributed by atoms with Gasteiger partial charge in [-0.3, -0.25) is 0 Å². The van der Waals surface area contributed by atoms with Crippen molar-refractivity contribution in [1.29, 1.82) is 0 Å². The lowest BCUT2D eigenvalue weighted by Gasteiger charge is -2.23. The zero-order valence-corrected chi connectivity index (χ0v) is 12.8. The van der Waals surface area contributed by atoms with Crippen LogP contribution >= 0.6 is 0 Å². The summed E-state index contributed by atoms with van der Waals surface area (Å²) in [6.07, 6.45) is -2.51. The number of benzene rings is 1. The number of rotatable bonds is 3. The van der Waals surface area contributed by atoms with Gasteiger partial charge in [0.2, 0.25) is 0 Å². The second kappa shape index (κ2) is 5.43. The third-order valence-corrected chi connectivity index (χ3v) is 4.21. The summed E-state index contributed by atoms with van der Waals surface area (Å²) >= 11 is 0. The first-order valence-electron chi connectivity index (χ1n) is 7.14. The van der Waals surface area contributed by atoms with E-state index in [1.807, 2.05) is 0 Å². The van der Waals surface area contributed by atoms with Gasteiger partial charge in [-0.25, -0.2) is 0 Å². The lowest BCUT2D eigenvalue weighted by Crippen LogP contribution is -2.24. The Morgan fingerprint density at radius 3 is 2.38 bits per heavy atom. The summed E-state index contributed by atoms with van der Waals surface area (Å²) in [6.45, 7) is 6.40. The predicted molar refractivity (Wildman–Crippen MR) is 77.6 cm³/mol. The number of hydrogen-bond donors (Lipinski definition) is 1. The maximum atomic E-state index is 13.2. The molecular formula is C16H22F3NO. The van der Waals surface area contributed by atoms with Crippen molar-refractivity contribution in [2.45, 2.75) is 45.8 Å². The Hall–Kier alpha value is -1.39. The van der Waals surface area contributed by atoms with Crippen molar-refractivity contribution >= 4 is 5.69 Å². The van der Waals surface area contributed by atoms with Crippen LogP contribution in [0.2, 0.25) is 0 Å². The van der Waals surface area contributed by atoms with Gasteiger partial charge in [0, 0.05) is 11.7 Å². The SMILES string of the molecule is COc1ccc(NC2CC(C)(C)CC2C)c(C(F)(F)F)c1. The Bertz CT molecular complexity index is 511. The fourth-order valence-corrected chi connectivity index (χ4v) is 3.30. The summed E-state index contributed by atoms with van der Waals surface area (Å²) in [4.78, 5) is 0. The molecule has 0 bridgehead atoms. The number of nitrogens with one attached hydrogen (secondary N) is 1. The third-order valence-electron chi connectivity index (χ3n) is 4.21. The Kier molecular flexibility index (Phi) is 4.13. The van der Waals surface area contributed by atoms with Gasteiger partial charge in [0.15, 0.2) is 0 Å². The normalized spacial score (nSPS) is 24.9. The Balaban J connectivity index is 2.28. The average molecular weight is 301 g/mol. The van der Waals surface area contributed by atoms with E-state index in [1.165, 1.54) is 13.2 Å². The molecule has 1 aromatic carbocycles. The van der Waals surface area contributed by atoms with Crippen LogP contribution in [0.3, 0.4) is 0 Å². The molecule has 0 aliphatic heterocycles. The Morgan fingerprint density at radius 1 is 1.24 bits per heavy atom. The lowest BCUT2D eigenvalue weighted by molar-refractivity contribution is -0.137. The van der Waals surface area contributed by atoms with Gasteiger partial charge in [-0.15, -0.1) is 0 Å². The largest absolute Gasteiger partial charge is 0.497 e. The molecule has 2 rings (SSSR count). The van der Waals surface area contributed by atoms with Crippen LogP contribution in [0.4, 0.5) is 18.9 Å². The van der Waals surface area contributed by atoms with E-state index >= 15 is 0 Å². The summed E-state index contributed by atoms with van der Waals surface area (Å²) in [5.41, 5.74) is -0.362. The molecule has 1 fully saturated rings. The molecule has 1 aliphatic rings. The van der Waals surface area contributed by atoms with Crippen molar-refractivity contribution in [3.05, 3.63) is 23.8 Å². The summed E-state index contributed by atoms with van der Waals surface area (Å²) in [5, 5.41) is 3.10. The molecule has 0 amide bonds. The molecule has 0 radical (unpaired) electrons. The minimum absolute atomic E-state index is 0.0643. The van der Waals surface area contributed by atoms with Crippen LogP contribution in [0.5, 0.6) is 5.75 Å². The van der Waals surface area contributed by atoms with Gasteiger partial charge in [0.05, 0.1) is 12.7 Å². The van der Waals surface area contributed by atoms with E-state index in [2.05, 4.69) is 26.1 Å². The molecule has 1 N–H and O–H groups in total. The predicted octanol–water partition coefficient (Wildman–Crippen LogP) is 4.95. The summed E-state index contributed by atoms with van der Waals surface area (Å²) in [6, 6.07) is 4.13. The second-order valence-corrected chi connectivity index (χ2v) is 6.71. The Morgan fingerprint density at radius 2 is 1.90 bits per heavy atom. The molecule has 1 saturated carbocycles. The van der Waals surface area contributed by atoms with Crippen molar-refractivity contribution in [3.8, 4) is 5.75 Å². The van der Waals surface area contributed by atoms with Crippen molar-refractivity contribution < 1.29 is 17.9 Å². The van der Waals surface area contributed by atoms with Gasteiger partial charge >= 0.3 is 6.18 Å². The van der Waals surface area contributed by atoms with E-state index in [4.69, 9.17) is 4.74 Å². The van der Waals surface area contributed by atoms with Gasteiger partial charge in [-0.2, -0.15) is 13.2 Å². The van der Waals surface area contributed by atoms with E-state index in [9.17, 15) is 13.2 Å². The molecule has 0 saturated heterocycles. The molecule has 1 aliphatic carbocycles.